The Morgan fingerprint density at radius 1 is 0.500 bits per heavy atom. The van der Waals surface area contributed by atoms with Gasteiger partial charge in [0, 0.05) is 50.7 Å². The van der Waals surface area contributed by atoms with Crippen LogP contribution in [0.25, 0.3) is 77.2 Å². The van der Waals surface area contributed by atoms with Crippen molar-refractivity contribution in [3.8, 4) is 33.6 Å². The van der Waals surface area contributed by atoms with E-state index in [-0.39, 0.29) is 5.41 Å². The first-order valence-corrected chi connectivity index (χ1v) is 19.7. The molecule has 3 aromatic heterocycles. The van der Waals surface area contributed by atoms with E-state index in [1.165, 1.54) is 97.2 Å². The molecule has 5 aliphatic carbocycles. The molecule has 0 amide bonds. The molecule has 5 aliphatic rings. The SMILES string of the molecule is C1=C2CC3CC1C1(c4ccccc4-c4ccc(-n5c6ccccc6c6cc(-c7ccc8c(c7)c7ccccc7n8-c7ccncc7)ccc65)cc41)C(C2)C3. The predicted octanol–water partition coefficient (Wildman–Crippen LogP) is 12.6. The van der Waals surface area contributed by atoms with Gasteiger partial charge in [-0.2, -0.15) is 0 Å². The number of hydrogen-bond donors (Lipinski definition) is 0. The van der Waals surface area contributed by atoms with E-state index in [0.29, 0.717) is 11.8 Å². The molecule has 14 rings (SSSR count). The summed E-state index contributed by atoms with van der Waals surface area (Å²) in [5.74, 6) is 2.14. The van der Waals surface area contributed by atoms with Crippen molar-refractivity contribution in [3.63, 3.8) is 0 Å². The van der Waals surface area contributed by atoms with Crippen LogP contribution in [0.2, 0.25) is 0 Å². The summed E-state index contributed by atoms with van der Waals surface area (Å²) < 4.78 is 4.89. The van der Waals surface area contributed by atoms with Crippen molar-refractivity contribution in [3.05, 3.63) is 175 Å². The maximum absolute atomic E-state index is 4.28. The third-order valence-electron chi connectivity index (χ3n) is 13.9. The second kappa shape index (κ2) is 10.5. The van der Waals surface area contributed by atoms with E-state index in [1.54, 1.807) is 16.7 Å². The molecule has 4 unspecified atom stereocenters. The van der Waals surface area contributed by atoms with Crippen molar-refractivity contribution in [2.45, 2.75) is 31.1 Å². The number of fused-ring (bicyclic) bond motifs is 9. The highest BCUT2D eigenvalue weighted by Crippen LogP contribution is 2.67. The standard InChI is InChI=1S/C51H37N3/c1-4-10-45-39(7-1)40-16-15-38(30-46(40)51(45)35-24-31-23-32(26-35)27-36(51)25-31)54-48-12-6-3-9-42(48)44-29-34(14-18-50(44)54)33-13-17-49-43(28-33)41-8-2-5-11-47(41)53(49)37-19-21-52-22-20-37/h1-22,24,28-30,32,35-36H,23,25-27H2. The van der Waals surface area contributed by atoms with E-state index < -0.39 is 0 Å². The summed E-state index contributed by atoms with van der Waals surface area (Å²) in [6.45, 7) is 0. The van der Waals surface area contributed by atoms with Crippen molar-refractivity contribution in [1.29, 1.82) is 0 Å². The van der Waals surface area contributed by atoms with Crippen molar-refractivity contribution < 1.29 is 0 Å². The lowest BCUT2D eigenvalue weighted by molar-refractivity contribution is 0.0835. The Labute approximate surface area is 313 Å². The lowest BCUT2D eigenvalue weighted by Gasteiger charge is -2.57. The molecule has 2 fully saturated rings. The van der Waals surface area contributed by atoms with Crippen LogP contribution in [0.4, 0.5) is 0 Å². The highest BCUT2D eigenvalue weighted by Gasteiger charge is 2.59. The van der Waals surface area contributed by atoms with Crippen LogP contribution in [-0.4, -0.2) is 14.1 Å². The lowest BCUT2D eigenvalue weighted by atomic mass is 9.46. The molecular formula is C51H37N3. The fraction of sp³-hybridized carbons (Fsp3) is 0.157. The van der Waals surface area contributed by atoms with E-state index >= 15 is 0 Å². The molecule has 1 spiro atoms. The second-order valence-electron chi connectivity index (χ2n) is 16.4. The van der Waals surface area contributed by atoms with Crippen molar-refractivity contribution in [2.24, 2.45) is 17.8 Å². The Kier molecular flexibility index (Phi) is 5.68. The minimum absolute atomic E-state index is 0.0768. The van der Waals surface area contributed by atoms with Crippen LogP contribution in [-0.2, 0) is 5.41 Å². The van der Waals surface area contributed by atoms with E-state index in [1.807, 2.05) is 12.4 Å². The quantitative estimate of drug-likeness (QED) is 0.169. The van der Waals surface area contributed by atoms with Crippen LogP contribution >= 0.6 is 0 Å². The lowest BCUT2D eigenvalue weighted by Crippen LogP contribution is -2.51. The van der Waals surface area contributed by atoms with E-state index in [0.717, 1.165) is 11.6 Å². The third-order valence-corrected chi connectivity index (χ3v) is 13.9. The van der Waals surface area contributed by atoms with Gasteiger partial charge >= 0.3 is 0 Å². The van der Waals surface area contributed by atoms with Gasteiger partial charge in [-0.25, -0.2) is 0 Å². The number of para-hydroxylation sites is 2. The van der Waals surface area contributed by atoms with Gasteiger partial charge in [-0.3, -0.25) is 4.98 Å². The fourth-order valence-corrected chi connectivity index (χ4v) is 12.0. The monoisotopic (exact) mass is 691 g/mol. The Morgan fingerprint density at radius 2 is 1.13 bits per heavy atom. The van der Waals surface area contributed by atoms with Gasteiger partial charge in [0.15, 0.2) is 0 Å². The number of benzene rings is 6. The molecular weight excluding hydrogens is 655 g/mol. The summed E-state index contributed by atoms with van der Waals surface area (Å²) in [6, 6.07) is 52.8. The van der Waals surface area contributed by atoms with Crippen LogP contribution in [0.1, 0.15) is 36.8 Å². The maximum atomic E-state index is 4.28. The molecule has 6 aromatic carbocycles. The van der Waals surface area contributed by atoms with Gasteiger partial charge in [-0.1, -0.05) is 90.5 Å². The van der Waals surface area contributed by atoms with E-state index in [4.69, 9.17) is 0 Å². The molecule has 9 aromatic rings. The summed E-state index contributed by atoms with van der Waals surface area (Å²) >= 11 is 0. The van der Waals surface area contributed by atoms with Crippen LogP contribution in [0.3, 0.4) is 0 Å². The predicted molar refractivity (Wildman–Crippen MR) is 222 cm³/mol. The molecule has 54 heavy (non-hydrogen) atoms. The van der Waals surface area contributed by atoms with Gasteiger partial charge in [0.1, 0.15) is 0 Å². The normalized spacial score (nSPS) is 22.1. The zero-order chi connectivity index (χ0) is 35.1. The molecule has 0 saturated heterocycles. The van der Waals surface area contributed by atoms with Gasteiger partial charge in [-0.15, -0.1) is 0 Å². The highest BCUT2D eigenvalue weighted by atomic mass is 15.0. The molecule has 256 valence electrons. The third kappa shape index (κ3) is 3.69. The molecule has 4 bridgehead atoms. The van der Waals surface area contributed by atoms with E-state index in [9.17, 15) is 0 Å². The van der Waals surface area contributed by atoms with Gasteiger partial charge in [0.05, 0.1) is 22.1 Å². The summed E-state index contributed by atoms with van der Waals surface area (Å²) in [4.78, 5) is 4.28. The molecule has 0 radical (unpaired) electrons. The Balaban J connectivity index is 0.992. The topological polar surface area (TPSA) is 22.8 Å². The number of hydrogen-bond acceptors (Lipinski definition) is 1. The number of aromatic nitrogens is 3. The maximum Gasteiger partial charge on any atom is 0.0541 e. The summed E-state index contributed by atoms with van der Waals surface area (Å²) in [5.41, 5.74) is 17.6. The smallest absolute Gasteiger partial charge is 0.0541 e. The zero-order valence-corrected chi connectivity index (χ0v) is 29.9. The van der Waals surface area contributed by atoms with Gasteiger partial charge in [0.2, 0.25) is 0 Å². The first kappa shape index (κ1) is 29.3. The van der Waals surface area contributed by atoms with Crippen molar-refractivity contribution in [1.82, 2.24) is 14.1 Å². The Hall–Kier alpha value is -6.19. The zero-order valence-electron chi connectivity index (χ0n) is 29.9. The number of rotatable bonds is 3. The largest absolute Gasteiger partial charge is 0.309 e. The molecule has 3 heteroatoms. The van der Waals surface area contributed by atoms with Crippen molar-refractivity contribution >= 4 is 43.6 Å². The molecule has 3 heterocycles. The summed E-state index contributed by atoms with van der Waals surface area (Å²) in [6.07, 6.45) is 11.7. The number of nitrogens with zero attached hydrogens (tertiary/aromatic N) is 3. The highest BCUT2D eigenvalue weighted by molar-refractivity contribution is 6.12. The van der Waals surface area contributed by atoms with Crippen LogP contribution in [0, 0.1) is 17.8 Å². The minimum atomic E-state index is 0.0768. The molecule has 0 N–H and O–H groups in total. The Morgan fingerprint density at radius 3 is 1.83 bits per heavy atom. The van der Waals surface area contributed by atoms with Crippen LogP contribution in [0.5, 0.6) is 0 Å². The molecule has 4 atom stereocenters. The average Bonchev–Trinajstić information content (AvgIpc) is 3.83. The Bertz CT molecular complexity index is 3090. The van der Waals surface area contributed by atoms with Crippen LogP contribution in [0.15, 0.2) is 164 Å². The molecule has 0 aliphatic heterocycles. The number of pyridine rings is 1. The minimum Gasteiger partial charge on any atom is -0.309 e. The van der Waals surface area contributed by atoms with Crippen LogP contribution < -0.4 is 0 Å². The van der Waals surface area contributed by atoms with E-state index in [2.05, 4.69) is 160 Å². The summed E-state index contributed by atoms with van der Waals surface area (Å²) in [5, 5.41) is 5.11. The average molecular weight is 692 g/mol. The van der Waals surface area contributed by atoms with Crippen molar-refractivity contribution in [2.75, 3.05) is 0 Å². The molecule has 3 nitrogen and oxygen atoms in total. The van der Waals surface area contributed by atoms with Gasteiger partial charge < -0.3 is 9.13 Å². The first-order valence-electron chi connectivity index (χ1n) is 19.7. The fourth-order valence-electron chi connectivity index (χ4n) is 12.0. The van der Waals surface area contributed by atoms with Gasteiger partial charge in [0.25, 0.3) is 0 Å². The molecule has 2 saturated carbocycles. The summed E-state index contributed by atoms with van der Waals surface area (Å²) in [7, 11) is 0. The second-order valence-corrected chi connectivity index (χ2v) is 16.4. The number of allylic oxidation sites excluding steroid dienone is 2. The first-order chi connectivity index (χ1) is 26.7. The van der Waals surface area contributed by atoms with Gasteiger partial charge in [-0.05, 0) is 137 Å².